The Kier molecular flexibility index (Phi) is 8.04. The first-order valence-electron chi connectivity index (χ1n) is 12.5. The van der Waals surface area contributed by atoms with Crippen LogP contribution in [0.2, 0.25) is 0 Å². The fourth-order valence-electron chi connectivity index (χ4n) is 4.66. The molecular formula is C30H27F6N3O2. The van der Waals surface area contributed by atoms with Gasteiger partial charge in [-0.3, -0.25) is 9.89 Å². The molecule has 0 aliphatic carbocycles. The Morgan fingerprint density at radius 2 is 1.39 bits per heavy atom. The fourth-order valence-corrected chi connectivity index (χ4v) is 4.66. The first-order valence-corrected chi connectivity index (χ1v) is 12.5. The lowest BCUT2D eigenvalue weighted by Crippen LogP contribution is -2.47. The molecule has 5 nitrogen and oxygen atoms in total. The van der Waals surface area contributed by atoms with Crippen LogP contribution in [0.15, 0.2) is 85.2 Å². The predicted octanol–water partition coefficient (Wildman–Crippen LogP) is 7.89. The van der Waals surface area contributed by atoms with E-state index < -0.39 is 46.0 Å². The maximum atomic E-state index is 14.6. The summed E-state index contributed by atoms with van der Waals surface area (Å²) in [6.07, 6.45) is -8.49. The van der Waals surface area contributed by atoms with E-state index >= 15 is 0 Å². The second kappa shape index (κ2) is 11.0. The van der Waals surface area contributed by atoms with Crippen molar-refractivity contribution in [2.24, 2.45) is 5.41 Å². The first-order chi connectivity index (χ1) is 19.1. The van der Waals surface area contributed by atoms with E-state index in [1.165, 1.54) is 18.3 Å². The molecule has 4 aromatic rings. The molecule has 1 aromatic heterocycles. The van der Waals surface area contributed by atoms with E-state index in [2.05, 4.69) is 15.7 Å². The Labute approximate surface area is 232 Å². The molecule has 0 saturated carbocycles. The van der Waals surface area contributed by atoms with Gasteiger partial charge in [-0.2, -0.15) is 31.4 Å². The van der Waals surface area contributed by atoms with Crippen LogP contribution in [0.3, 0.4) is 0 Å². The average molecular weight is 576 g/mol. The SMILES string of the molecule is CC(C)(C)CC(=O)ONC(c1ccc(-c2ccccc2)cc1)(c1cn[nH]c1)c1cccc(C(F)(F)F)c1C(F)(F)F. The van der Waals surface area contributed by atoms with Crippen LogP contribution in [0.1, 0.15) is 55.0 Å². The number of hydroxylamine groups is 1. The average Bonchev–Trinajstić information content (AvgIpc) is 3.43. The van der Waals surface area contributed by atoms with Crippen molar-refractivity contribution in [2.75, 3.05) is 0 Å². The van der Waals surface area contributed by atoms with E-state index in [-0.39, 0.29) is 17.5 Å². The topological polar surface area (TPSA) is 67.0 Å². The van der Waals surface area contributed by atoms with E-state index in [0.29, 0.717) is 11.6 Å². The van der Waals surface area contributed by atoms with Crippen LogP contribution in [-0.2, 0) is 27.5 Å². The fraction of sp³-hybridized carbons (Fsp3) is 0.267. The Bertz CT molecular complexity index is 1480. The molecule has 1 unspecified atom stereocenters. The second-order valence-corrected chi connectivity index (χ2v) is 10.7. The standard InChI is InChI=1S/C30H27F6N3O2/c1-27(2,3)16-25(40)41-39-28(22-17-37-38-18-22,21-14-12-20(13-15-21)19-8-5-4-6-9-19)23-10-7-11-24(29(31,32)33)26(23)30(34,35)36/h4-15,17-18,39H,16H2,1-3H3,(H,37,38). The van der Waals surface area contributed by atoms with Gasteiger partial charge in [-0.05, 0) is 33.7 Å². The van der Waals surface area contributed by atoms with E-state index in [1.54, 1.807) is 32.9 Å². The lowest BCUT2D eigenvalue weighted by Gasteiger charge is -2.37. The zero-order valence-electron chi connectivity index (χ0n) is 22.3. The first kappa shape index (κ1) is 29.9. The maximum Gasteiger partial charge on any atom is 0.417 e. The zero-order valence-corrected chi connectivity index (χ0v) is 22.3. The number of benzene rings is 3. The number of aromatic nitrogens is 2. The van der Waals surface area contributed by atoms with Crippen LogP contribution in [-0.4, -0.2) is 16.2 Å². The molecule has 0 aliphatic rings. The van der Waals surface area contributed by atoms with Gasteiger partial charge in [0, 0.05) is 11.8 Å². The summed E-state index contributed by atoms with van der Waals surface area (Å²) in [6.45, 7) is 5.28. The lowest BCUT2D eigenvalue weighted by molar-refractivity contribution is -0.164. The Balaban J connectivity index is 2.02. The third kappa shape index (κ3) is 6.45. The molecular weight excluding hydrogens is 548 g/mol. The number of carbonyl (C=O) groups excluding carboxylic acids is 1. The van der Waals surface area contributed by atoms with Gasteiger partial charge < -0.3 is 4.84 Å². The smallest absolute Gasteiger partial charge is 0.369 e. The second-order valence-electron chi connectivity index (χ2n) is 10.7. The molecule has 11 heteroatoms. The maximum absolute atomic E-state index is 14.6. The molecule has 0 amide bonds. The molecule has 2 N–H and O–H groups in total. The summed E-state index contributed by atoms with van der Waals surface area (Å²) in [5.41, 5.74) is -3.36. The van der Waals surface area contributed by atoms with Gasteiger partial charge in [-0.1, -0.05) is 87.5 Å². The quantitative estimate of drug-likeness (QED) is 0.174. The van der Waals surface area contributed by atoms with Crippen molar-refractivity contribution in [2.45, 2.75) is 45.1 Å². The monoisotopic (exact) mass is 575 g/mol. The number of H-pyrrole nitrogens is 1. The van der Waals surface area contributed by atoms with Crippen LogP contribution >= 0.6 is 0 Å². The number of hydrogen-bond donors (Lipinski definition) is 2. The third-order valence-corrected chi connectivity index (χ3v) is 6.41. The molecule has 3 aromatic carbocycles. The summed E-state index contributed by atoms with van der Waals surface area (Å²) >= 11 is 0. The molecule has 4 rings (SSSR count). The van der Waals surface area contributed by atoms with Crippen molar-refractivity contribution in [3.63, 3.8) is 0 Å². The third-order valence-electron chi connectivity index (χ3n) is 6.41. The highest BCUT2D eigenvalue weighted by Gasteiger charge is 2.51. The number of aromatic amines is 1. The van der Waals surface area contributed by atoms with Gasteiger partial charge in [0.2, 0.25) is 0 Å². The molecule has 0 bridgehead atoms. The van der Waals surface area contributed by atoms with Crippen LogP contribution in [0.4, 0.5) is 26.3 Å². The van der Waals surface area contributed by atoms with E-state index in [0.717, 1.165) is 23.9 Å². The molecule has 0 spiro atoms. The Morgan fingerprint density at radius 3 is 1.93 bits per heavy atom. The molecule has 1 atom stereocenters. The van der Waals surface area contributed by atoms with Gasteiger partial charge >= 0.3 is 18.3 Å². The van der Waals surface area contributed by atoms with Crippen molar-refractivity contribution in [1.82, 2.24) is 15.7 Å². The number of nitrogens with zero attached hydrogens (tertiary/aromatic N) is 1. The Hall–Kier alpha value is -4.12. The van der Waals surface area contributed by atoms with Gasteiger partial charge in [-0.25, -0.2) is 0 Å². The van der Waals surface area contributed by atoms with Gasteiger partial charge in [0.05, 0.1) is 23.7 Å². The van der Waals surface area contributed by atoms with Gasteiger partial charge in [0.25, 0.3) is 0 Å². The highest BCUT2D eigenvalue weighted by Crippen LogP contribution is 2.48. The molecule has 41 heavy (non-hydrogen) atoms. The number of nitrogens with one attached hydrogen (secondary N) is 2. The molecule has 216 valence electrons. The minimum absolute atomic E-state index is 0.0154. The van der Waals surface area contributed by atoms with Crippen LogP contribution in [0.25, 0.3) is 11.1 Å². The largest absolute Gasteiger partial charge is 0.417 e. The zero-order chi connectivity index (χ0) is 30.1. The van der Waals surface area contributed by atoms with E-state index in [4.69, 9.17) is 4.84 Å². The summed E-state index contributed by atoms with van der Waals surface area (Å²) in [7, 11) is 0. The van der Waals surface area contributed by atoms with Gasteiger partial charge in [-0.15, -0.1) is 5.48 Å². The Morgan fingerprint density at radius 1 is 0.780 bits per heavy atom. The summed E-state index contributed by atoms with van der Waals surface area (Å²) in [4.78, 5) is 18.1. The number of alkyl halides is 6. The van der Waals surface area contributed by atoms with Crippen LogP contribution < -0.4 is 5.48 Å². The number of hydrogen-bond acceptors (Lipinski definition) is 4. The summed E-state index contributed by atoms with van der Waals surface area (Å²) < 4.78 is 85.7. The van der Waals surface area contributed by atoms with Crippen LogP contribution in [0, 0.1) is 5.41 Å². The lowest BCUT2D eigenvalue weighted by atomic mass is 9.75. The molecule has 0 fully saturated rings. The molecule has 0 radical (unpaired) electrons. The van der Waals surface area contributed by atoms with Crippen molar-refractivity contribution in [3.8, 4) is 11.1 Å². The highest BCUT2D eigenvalue weighted by atomic mass is 19.4. The number of halogens is 6. The molecule has 1 heterocycles. The number of rotatable bonds is 7. The minimum Gasteiger partial charge on any atom is -0.369 e. The molecule has 0 aliphatic heterocycles. The van der Waals surface area contributed by atoms with E-state index in [1.807, 2.05) is 30.3 Å². The van der Waals surface area contributed by atoms with Gasteiger partial charge in [0.1, 0.15) is 5.54 Å². The number of carbonyl (C=O) groups is 1. The van der Waals surface area contributed by atoms with Crippen LogP contribution in [0.5, 0.6) is 0 Å². The predicted molar refractivity (Wildman–Crippen MR) is 140 cm³/mol. The summed E-state index contributed by atoms with van der Waals surface area (Å²) in [6, 6.07) is 17.5. The van der Waals surface area contributed by atoms with Crippen molar-refractivity contribution < 1.29 is 36.0 Å². The van der Waals surface area contributed by atoms with E-state index in [9.17, 15) is 31.1 Å². The summed E-state index contributed by atoms with van der Waals surface area (Å²) in [5.74, 6) is -0.813. The normalized spacial score (nSPS) is 14.0. The minimum atomic E-state index is -5.43. The van der Waals surface area contributed by atoms with Crippen molar-refractivity contribution >= 4 is 5.97 Å². The molecule has 0 saturated heterocycles. The highest BCUT2D eigenvalue weighted by molar-refractivity contribution is 5.70. The summed E-state index contributed by atoms with van der Waals surface area (Å²) in [5, 5.41) is 6.35. The van der Waals surface area contributed by atoms with Crippen molar-refractivity contribution in [3.05, 3.63) is 113 Å². The van der Waals surface area contributed by atoms with Crippen molar-refractivity contribution in [1.29, 1.82) is 0 Å². The van der Waals surface area contributed by atoms with Gasteiger partial charge in [0.15, 0.2) is 0 Å².